The van der Waals surface area contributed by atoms with Crippen LogP contribution in [0.2, 0.25) is 0 Å². The average molecular weight is 424 g/mol. The number of likely N-dealkylation sites (N-methyl/N-ethyl adjacent to an activating group) is 1. The van der Waals surface area contributed by atoms with Crippen LogP contribution >= 0.6 is 11.8 Å². The summed E-state index contributed by atoms with van der Waals surface area (Å²) < 4.78 is 5.48. The van der Waals surface area contributed by atoms with E-state index in [1.54, 1.807) is 4.90 Å². The molecule has 5 nitrogen and oxygen atoms in total. The molecule has 1 fully saturated rings. The molecule has 1 aliphatic heterocycles. The zero-order chi connectivity index (χ0) is 21.5. The van der Waals surface area contributed by atoms with Gasteiger partial charge in [0.2, 0.25) is 0 Å². The van der Waals surface area contributed by atoms with Crippen LogP contribution in [0.3, 0.4) is 0 Å². The molecule has 1 saturated heterocycles. The molecule has 0 radical (unpaired) electrons. The van der Waals surface area contributed by atoms with E-state index in [1.165, 1.54) is 17.4 Å². The molecule has 0 aromatic heterocycles. The highest BCUT2D eigenvalue weighted by molar-refractivity contribution is 8.18. The molecule has 1 aliphatic rings. The molecule has 6 heteroatoms. The Kier molecular flexibility index (Phi) is 7.57. The van der Waals surface area contributed by atoms with Gasteiger partial charge in [-0.2, -0.15) is 0 Å². The van der Waals surface area contributed by atoms with Gasteiger partial charge < -0.3 is 9.64 Å². The maximum absolute atomic E-state index is 12.9. The van der Waals surface area contributed by atoms with Gasteiger partial charge in [0.05, 0.1) is 17.2 Å². The first kappa shape index (κ1) is 22.0. The Hall–Kier alpha value is -2.73. The molecule has 0 atom stereocenters. The smallest absolute Gasteiger partial charge is 0.266 e. The normalized spacial score (nSPS) is 16.5. The van der Waals surface area contributed by atoms with E-state index in [9.17, 15) is 4.79 Å². The Labute approximate surface area is 183 Å². The number of rotatable bonds is 8. The van der Waals surface area contributed by atoms with Crippen LogP contribution in [0, 0.1) is 0 Å². The lowest BCUT2D eigenvalue weighted by Gasteiger charge is -2.20. The number of carbonyl (C=O) groups excluding carboxylic acids is 1. The van der Waals surface area contributed by atoms with E-state index in [-0.39, 0.29) is 5.91 Å². The molecule has 0 bridgehead atoms. The number of hydrogen-bond donors (Lipinski definition) is 0. The van der Waals surface area contributed by atoms with Crippen molar-refractivity contribution in [2.45, 2.75) is 27.7 Å². The van der Waals surface area contributed by atoms with Crippen LogP contribution < -0.4 is 9.64 Å². The third-order valence-electron chi connectivity index (χ3n) is 4.90. The van der Waals surface area contributed by atoms with E-state index in [4.69, 9.17) is 9.73 Å². The number of anilines is 1. The minimum Gasteiger partial charge on any atom is -0.494 e. The predicted molar refractivity (Wildman–Crippen MR) is 128 cm³/mol. The fraction of sp³-hybridized carbons (Fsp3) is 0.333. The number of benzene rings is 2. The summed E-state index contributed by atoms with van der Waals surface area (Å²) in [7, 11) is 0. The van der Waals surface area contributed by atoms with Gasteiger partial charge in [-0.25, -0.2) is 4.99 Å². The summed E-state index contributed by atoms with van der Waals surface area (Å²) in [6.07, 6.45) is 1.95. The SMILES string of the molecule is CCOc1ccc(N=C2SC(=Cc3ccc(N(CC)CC)cc3)C(=O)N2CC)cc1. The van der Waals surface area contributed by atoms with E-state index >= 15 is 0 Å². The number of nitrogens with zero attached hydrogens (tertiary/aromatic N) is 3. The van der Waals surface area contributed by atoms with Crippen LogP contribution in [-0.2, 0) is 4.79 Å². The first-order chi connectivity index (χ1) is 14.6. The highest BCUT2D eigenvalue weighted by Crippen LogP contribution is 2.34. The molecule has 0 unspecified atom stereocenters. The van der Waals surface area contributed by atoms with Gasteiger partial charge in [0.15, 0.2) is 5.17 Å². The van der Waals surface area contributed by atoms with Crippen LogP contribution in [0.1, 0.15) is 33.3 Å². The van der Waals surface area contributed by atoms with Gasteiger partial charge in [0.1, 0.15) is 5.75 Å². The molecule has 158 valence electrons. The second-order valence-corrected chi connectivity index (χ2v) is 7.75. The summed E-state index contributed by atoms with van der Waals surface area (Å²) in [6, 6.07) is 15.9. The highest BCUT2D eigenvalue weighted by atomic mass is 32.2. The van der Waals surface area contributed by atoms with Crippen LogP contribution in [0.25, 0.3) is 6.08 Å². The molecule has 1 amide bonds. The summed E-state index contributed by atoms with van der Waals surface area (Å²) >= 11 is 1.42. The molecule has 0 aliphatic carbocycles. The molecule has 0 spiro atoms. The number of amidine groups is 1. The molecule has 2 aromatic carbocycles. The minimum atomic E-state index is 0.00000548. The van der Waals surface area contributed by atoms with E-state index in [0.29, 0.717) is 23.2 Å². The van der Waals surface area contributed by atoms with Gasteiger partial charge in [-0.1, -0.05) is 12.1 Å². The van der Waals surface area contributed by atoms with Crippen molar-refractivity contribution < 1.29 is 9.53 Å². The molecule has 2 aromatic rings. The Morgan fingerprint density at radius 3 is 2.23 bits per heavy atom. The summed E-state index contributed by atoms with van der Waals surface area (Å²) in [5.74, 6) is 0.817. The van der Waals surface area contributed by atoms with Gasteiger partial charge in [0.25, 0.3) is 5.91 Å². The third-order valence-corrected chi connectivity index (χ3v) is 5.90. The maximum atomic E-state index is 12.9. The molecule has 30 heavy (non-hydrogen) atoms. The minimum absolute atomic E-state index is 0.00000548. The van der Waals surface area contributed by atoms with E-state index in [0.717, 1.165) is 30.1 Å². The largest absolute Gasteiger partial charge is 0.494 e. The monoisotopic (exact) mass is 423 g/mol. The lowest BCUT2D eigenvalue weighted by Crippen LogP contribution is -2.28. The lowest BCUT2D eigenvalue weighted by atomic mass is 10.1. The zero-order valence-electron chi connectivity index (χ0n) is 18.1. The zero-order valence-corrected chi connectivity index (χ0v) is 18.9. The topological polar surface area (TPSA) is 45.1 Å². The number of aliphatic imine (C=N–C) groups is 1. The first-order valence-electron chi connectivity index (χ1n) is 10.5. The second kappa shape index (κ2) is 10.3. The summed E-state index contributed by atoms with van der Waals surface area (Å²) in [6.45, 7) is 11.4. The first-order valence-corrected chi connectivity index (χ1v) is 11.3. The molecular formula is C24H29N3O2S. The predicted octanol–water partition coefficient (Wildman–Crippen LogP) is 5.56. The third kappa shape index (κ3) is 5.05. The van der Waals surface area contributed by atoms with Crippen molar-refractivity contribution in [1.29, 1.82) is 0 Å². The maximum Gasteiger partial charge on any atom is 0.266 e. The van der Waals surface area contributed by atoms with Crippen molar-refractivity contribution >= 4 is 40.3 Å². The fourth-order valence-electron chi connectivity index (χ4n) is 3.29. The van der Waals surface area contributed by atoms with Crippen LogP contribution in [0.5, 0.6) is 5.75 Å². The number of ether oxygens (including phenoxy) is 1. The van der Waals surface area contributed by atoms with Gasteiger partial charge >= 0.3 is 0 Å². The molecular weight excluding hydrogens is 394 g/mol. The molecule has 1 heterocycles. The number of amides is 1. The van der Waals surface area contributed by atoms with Crippen molar-refractivity contribution in [3.63, 3.8) is 0 Å². The fourth-order valence-corrected chi connectivity index (χ4v) is 4.35. The van der Waals surface area contributed by atoms with E-state index in [2.05, 4.69) is 43.0 Å². The van der Waals surface area contributed by atoms with Crippen LogP contribution in [0.15, 0.2) is 58.4 Å². The highest BCUT2D eigenvalue weighted by Gasteiger charge is 2.32. The Morgan fingerprint density at radius 1 is 1.00 bits per heavy atom. The van der Waals surface area contributed by atoms with Crippen molar-refractivity contribution in [1.82, 2.24) is 4.90 Å². The van der Waals surface area contributed by atoms with Gasteiger partial charge in [-0.3, -0.25) is 9.69 Å². The quantitative estimate of drug-likeness (QED) is 0.522. The Morgan fingerprint density at radius 2 is 1.67 bits per heavy atom. The van der Waals surface area contributed by atoms with Gasteiger partial charge in [-0.15, -0.1) is 0 Å². The van der Waals surface area contributed by atoms with E-state index in [1.807, 2.05) is 44.2 Å². The summed E-state index contributed by atoms with van der Waals surface area (Å²) in [5.41, 5.74) is 3.01. The Bertz CT molecular complexity index is 916. The van der Waals surface area contributed by atoms with Crippen molar-refractivity contribution in [2.75, 3.05) is 31.1 Å². The van der Waals surface area contributed by atoms with Gasteiger partial charge in [-0.05, 0) is 87.5 Å². The number of carbonyl (C=O) groups is 1. The van der Waals surface area contributed by atoms with Gasteiger partial charge in [0, 0.05) is 25.3 Å². The van der Waals surface area contributed by atoms with Crippen molar-refractivity contribution in [3.8, 4) is 5.75 Å². The van der Waals surface area contributed by atoms with Crippen LogP contribution in [0.4, 0.5) is 11.4 Å². The number of hydrogen-bond acceptors (Lipinski definition) is 5. The van der Waals surface area contributed by atoms with Crippen molar-refractivity contribution in [3.05, 3.63) is 59.0 Å². The molecule has 0 N–H and O–H groups in total. The average Bonchev–Trinajstić information content (AvgIpc) is 3.05. The summed E-state index contributed by atoms with van der Waals surface area (Å²) in [4.78, 5) is 22.3. The molecule has 0 saturated carbocycles. The summed E-state index contributed by atoms with van der Waals surface area (Å²) in [5, 5.41) is 0.706. The Balaban J connectivity index is 1.81. The van der Waals surface area contributed by atoms with Crippen LogP contribution in [-0.4, -0.2) is 42.2 Å². The standard InChI is InChI=1S/C24H29N3O2S/c1-5-26(6-2)20-13-9-18(10-14-20)17-22-23(28)27(7-3)24(30-22)25-19-11-15-21(16-12-19)29-8-4/h9-17H,5-8H2,1-4H3. The lowest BCUT2D eigenvalue weighted by molar-refractivity contribution is -0.122. The number of thioether (sulfide) groups is 1. The molecule has 3 rings (SSSR count). The second-order valence-electron chi connectivity index (χ2n) is 6.75. The van der Waals surface area contributed by atoms with E-state index < -0.39 is 0 Å². The van der Waals surface area contributed by atoms with Crippen molar-refractivity contribution in [2.24, 2.45) is 4.99 Å².